The highest BCUT2D eigenvalue weighted by atomic mass is 16.5. The van der Waals surface area contributed by atoms with Crippen molar-refractivity contribution in [1.82, 2.24) is 9.88 Å². The number of benzene rings is 1. The van der Waals surface area contributed by atoms with Crippen molar-refractivity contribution >= 4 is 11.8 Å². The second kappa shape index (κ2) is 8.86. The van der Waals surface area contributed by atoms with Gasteiger partial charge in [0.2, 0.25) is 5.88 Å². The maximum Gasteiger partial charge on any atom is 0.343 e. The molecule has 0 spiro atoms. The molecule has 1 N–H and O–H groups in total. The summed E-state index contributed by atoms with van der Waals surface area (Å²) in [4.78, 5) is 18.7. The van der Waals surface area contributed by atoms with Crippen molar-refractivity contribution in [3.8, 4) is 5.88 Å². The average Bonchev–Trinajstić information content (AvgIpc) is 2.70. The summed E-state index contributed by atoms with van der Waals surface area (Å²) in [6, 6.07) is 14.9. The molecule has 27 heavy (non-hydrogen) atoms. The molecule has 1 aromatic carbocycles. The van der Waals surface area contributed by atoms with Gasteiger partial charge in [0.25, 0.3) is 0 Å². The summed E-state index contributed by atoms with van der Waals surface area (Å²) in [5, 5.41) is 3.48. The van der Waals surface area contributed by atoms with Crippen LogP contribution in [0.4, 0.5) is 5.82 Å². The maximum atomic E-state index is 11.8. The molecular formula is C21H27N3O3. The van der Waals surface area contributed by atoms with Gasteiger partial charge in [-0.1, -0.05) is 30.3 Å². The second-order valence-corrected chi connectivity index (χ2v) is 6.92. The first-order valence-electron chi connectivity index (χ1n) is 9.28. The van der Waals surface area contributed by atoms with Crippen LogP contribution < -0.4 is 10.1 Å². The van der Waals surface area contributed by atoms with Gasteiger partial charge in [-0.25, -0.2) is 4.79 Å². The van der Waals surface area contributed by atoms with Crippen LogP contribution in [0.5, 0.6) is 5.88 Å². The lowest BCUT2D eigenvalue weighted by Gasteiger charge is -2.38. The lowest BCUT2D eigenvalue weighted by molar-refractivity contribution is 0.0596. The number of esters is 1. The number of aromatic nitrogens is 1. The molecule has 2 unspecified atom stereocenters. The SMILES string of the molecule is COC(=O)c1ccc(NC2CCN(Cc3ccccc3)C(C)C2)nc1OC. The minimum absolute atomic E-state index is 0.279. The fourth-order valence-corrected chi connectivity index (χ4v) is 3.56. The zero-order valence-corrected chi connectivity index (χ0v) is 16.1. The lowest BCUT2D eigenvalue weighted by atomic mass is 9.97. The number of piperidine rings is 1. The van der Waals surface area contributed by atoms with Gasteiger partial charge in [0, 0.05) is 25.2 Å². The Kier molecular flexibility index (Phi) is 6.29. The molecule has 6 nitrogen and oxygen atoms in total. The largest absolute Gasteiger partial charge is 0.480 e. The molecule has 1 aliphatic heterocycles. The number of hydrogen-bond donors (Lipinski definition) is 1. The summed E-state index contributed by atoms with van der Waals surface area (Å²) in [7, 11) is 2.85. The van der Waals surface area contributed by atoms with Crippen LogP contribution in [0, 0.1) is 0 Å². The number of rotatable bonds is 6. The van der Waals surface area contributed by atoms with Gasteiger partial charge in [-0.05, 0) is 37.5 Å². The van der Waals surface area contributed by atoms with Crippen LogP contribution in [-0.4, -0.2) is 48.7 Å². The van der Waals surface area contributed by atoms with E-state index in [0.717, 1.165) is 25.9 Å². The van der Waals surface area contributed by atoms with E-state index >= 15 is 0 Å². The van der Waals surface area contributed by atoms with Crippen molar-refractivity contribution in [1.29, 1.82) is 0 Å². The Morgan fingerprint density at radius 2 is 2.00 bits per heavy atom. The van der Waals surface area contributed by atoms with Gasteiger partial charge in [0.15, 0.2) is 0 Å². The molecule has 2 heterocycles. The summed E-state index contributed by atoms with van der Waals surface area (Å²) in [6.45, 7) is 4.28. The van der Waals surface area contributed by atoms with E-state index in [1.807, 2.05) is 0 Å². The number of carbonyl (C=O) groups is 1. The highest BCUT2D eigenvalue weighted by molar-refractivity contribution is 5.92. The van der Waals surface area contributed by atoms with Crippen molar-refractivity contribution in [3.63, 3.8) is 0 Å². The van der Waals surface area contributed by atoms with Crippen molar-refractivity contribution in [2.45, 2.75) is 38.4 Å². The highest BCUT2D eigenvalue weighted by Gasteiger charge is 2.26. The Bertz CT molecular complexity index is 767. The predicted octanol–water partition coefficient (Wildman–Crippen LogP) is 3.34. The van der Waals surface area contributed by atoms with E-state index in [-0.39, 0.29) is 5.88 Å². The van der Waals surface area contributed by atoms with Crippen LogP contribution in [0.25, 0.3) is 0 Å². The molecule has 2 aromatic rings. The third-order valence-corrected chi connectivity index (χ3v) is 5.05. The van der Waals surface area contributed by atoms with E-state index in [9.17, 15) is 4.79 Å². The minimum atomic E-state index is -0.450. The summed E-state index contributed by atoms with van der Waals surface area (Å²) < 4.78 is 10.0. The predicted molar refractivity (Wildman–Crippen MR) is 105 cm³/mol. The molecule has 144 valence electrons. The van der Waals surface area contributed by atoms with Crippen molar-refractivity contribution in [2.75, 3.05) is 26.1 Å². The van der Waals surface area contributed by atoms with Crippen LogP contribution in [0.3, 0.4) is 0 Å². The number of carbonyl (C=O) groups excluding carboxylic acids is 1. The van der Waals surface area contributed by atoms with Gasteiger partial charge in [0.1, 0.15) is 11.4 Å². The molecule has 1 saturated heterocycles. The van der Waals surface area contributed by atoms with Crippen LogP contribution in [0.1, 0.15) is 35.7 Å². The Labute approximate surface area is 160 Å². The summed E-state index contributed by atoms with van der Waals surface area (Å²) >= 11 is 0. The van der Waals surface area contributed by atoms with Gasteiger partial charge in [-0.15, -0.1) is 0 Å². The maximum absolute atomic E-state index is 11.8. The molecule has 0 aliphatic carbocycles. The van der Waals surface area contributed by atoms with Crippen LogP contribution >= 0.6 is 0 Å². The number of nitrogens with zero attached hydrogens (tertiary/aromatic N) is 2. The van der Waals surface area contributed by atoms with Gasteiger partial charge in [-0.3, -0.25) is 4.90 Å². The van der Waals surface area contributed by atoms with Crippen molar-refractivity contribution < 1.29 is 14.3 Å². The van der Waals surface area contributed by atoms with Crippen molar-refractivity contribution in [3.05, 3.63) is 53.6 Å². The van der Waals surface area contributed by atoms with E-state index in [0.29, 0.717) is 23.5 Å². The van der Waals surface area contributed by atoms with Gasteiger partial charge >= 0.3 is 5.97 Å². The monoisotopic (exact) mass is 369 g/mol. The smallest absolute Gasteiger partial charge is 0.343 e. The molecule has 3 rings (SSSR count). The normalized spacial score (nSPS) is 20.1. The van der Waals surface area contributed by atoms with E-state index in [1.54, 1.807) is 12.1 Å². The number of methoxy groups -OCH3 is 2. The summed E-state index contributed by atoms with van der Waals surface area (Å²) in [5.41, 5.74) is 1.68. The molecule has 0 bridgehead atoms. The standard InChI is InChI=1S/C21H27N3O3/c1-15-13-17(11-12-24(15)14-16-7-5-4-6-8-16)22-19-10-9-18(21(25)27-3)20(23-19)26-2/h4-10,15,17H,11-14H2,1-3H3,(H,22,23). The Morgan fingerprint density at radius 3 is 2.67 bits per heavy atom. The number of anilines is 1. The van der Waals surface area contributed by atoms with Crippen LogP contribution in [0.15, 0.2) is 42.5 Å². The number of ether oxygens (including phenoxy) is 2. The average molecular weight is 369 g/mol. The second-order valence-electron chi connectivity index (χ2n) is 6.92. The fourth-order valence-electron chi connectivity index (χ4n) is 3.56. The Morgan fingerprint density at radius 1 is 1.22 bits per heavy atom. The molecule has 0 radical (unpaired) electrons. The molecule has 1 fully saturated rings. The van der Waals surface area contributed by atoms with E-state index in [2.05, 4.69) is 52.5 Å². The first-order valence-corrected chi connectivity index (χ1v) is 9.28. The van der Waals surface area contributed by atoms with Crippen LogP contribution in [0.2, 0.25) is 0 Å². The van der Waals surface area contributed by atoms with Gasteiger partial charge < -0.3 is 14.8 Å². The third-order valence-electron chi connectivity index (χ3n) is 5.05. The quantitative estimate of drug-likeness (QED) is 0.788. The minimum Gasteiger partial charge on any atom is -0.480 e. The first kappa shape index (κ1) is 19.2. The van der Waals surface area contributed by atoms with Gasteiger partial charge in [0.05, 0.1) is 14.2 Å². The summed E-state index contributed by atoms with van der Waals surface area (Å²) in [6.07, 6.45) is 2.08. The van der Waals surface area contributed by atoms with E-state index < -0.39 is 5.97 Å². The lowest BCUT2D eigenvalue weighted by Crippen LogP contribution is -2.44. The van der Waals surface area contributed by atoms with Crippen LogP contribution in [-0.2, 0) is 11.3 Å². The van der Waals surface area contributed by atoms with E-state index in [4.69, 9.17) is 9.47 Å². The molecule has 1 aliphatic rings. The molecular weight excluding hydrogens is 342 g/mol. The number of hydrogen-bond acceptors (Lipinski definition) is 6. The van der Waals surface area contributed by atoms with E-state index in [1.165, 1.54) is 19.8 Å². The molecule has 0 amide bonds. The number of nitrogens with one attached hydrogen (secondary N) is 1. The number of likely N-dealkylation sites (tertiary alicyclic amines) is 1. The van der Waals surface area contributed by atoms with Crippen molar-refractivity contribution in [2.24, 2.45) is 0 Å². The zero-order chi connectivity index (χ0) is 19.2. The molecule has 1 aromatic heterocycles. The molecule has 0 saturated carbocycles. The molecule has 6 heteroatoms. The Balaban J connectivity index is 1.60. The molecule has 2 atom stereocenters. The zero-order valence-electron chi connectivity index (χ0n) is 16.1. The van der Waals surface area contributed by atoms with Gasteiger partial charge in [-0.2, -0.15) is 4.98 Å². The Hall–Kier alpha value is -2.60. The third kappa shape index (κ3) is 4.77. The number of pyridine rings is 1. The fraction of sp³-hybridized carbons (Fsp3) is 0.429. The first-order chi connectivity index (χ1) is 13.1. The summed E-state index contributed by atoms with van der Waals surface area (Å²) in [5.74, 6) is 0.545. The topological polar surface area (TPSA) is 63.7 Å². The highest BCUT2D eigenvalue weighted by Crippen LogP contribution is 2.24.